The maximum absolute atomic E-state index is 12.0. The molecule has 0 aliphatic rings. The number of rotatable bonds is 6. The lowest BCUT2D eigenvalue weighted by atomic mass is 10.2. The smallest absolute Gasteiger partial charge is 0.279 e. The van der Waals surface area contributed by atoms with Gasteiger partial charge in [-0.1, -0.05) is 19.1 Å². The van der Waals surface area contributed by atoms with Gasteiger partial charge in [-0.15, -0.1) is 0 Å². The molecule has 0 saturated heterocycles. The molecule has 0 aromatic heterocycles. The molecule has 102 valence electrons. The molecule has 0 amide bonds. The van der Waals surface area contributed by atoms with Crippen molar-refractivity contribution in [1.29, 1.82) is 0 Å². The van der Waals surface area contributed by atoms with E-state index in [1.165, 1.54) is 4.31 Å². The first kappa shape index (κ1) is 14.9. The van der Waals surface area contributed by atoms with Crippen molar-refractivity contribution in [1.82, 2.24) is 9.03 Å². The molecule has 0 aliphatic heterocycles. The van der Waals surface area contributed by atoms with E-state index in [4.69, 9.17) is 5.73 Å². The van der Waals surface area contributed by atoms with Crippen molar-refractivity contribution in [3.63, 3.8) is 0 Å². The third kappa shape index (κ3) is 3.97. The molecule has 1 rings (SSSR count). The van der Waals surface area contributed by atoms with Gasteiger partial charge < -0.3 is 5.73 Å². The number of anilines is 1. The summed E-state index contributed by atoms with van der Waals surface area (Å²) < 4.78 is 28.0. The van der Waals surface area contributed by atoms with Crippen LogP contribution in [0.5, 0.6) is 0 Å². The molecule has 1 aromatic rings. The van der Waals surface area contributed by atoms with Crippen LogP contribution in [-0.4, -0.2) is 25.3 Å². The van der Waals surface area contributed by atoms with E-state index in [0.29, 0.717) is 18.8 Å². The summed E-state index contributed by atoms with van der Waals surface area (Å²) in [6.45, 7) is 6.15. The second kappa shape index (κ2) is 6.17. The summed E-state index contributed by atoms with van der Waals surface area (Å²) >= 11 is 0. The Balaban J connectivity index is 2.95. The first-order valence-corrected chi connectivity index (χ1v) is 7.41. The highest BCUT2D eigenvalue weighted by atomic mass is 32.2. The zero-order valence-electron chi connectivity index (χ0n) is 11.1. The van der Waals surface area contributed by atoms with Crippen molar-refractivity contribution in [2.45, 2.75) is 33.4 Å². The molecule has 18 heavy (non-hydrogen) atoms. The zero-order valence-corrected chi connectivity index (χ0v) is 11.9. The Labute approximate surface area is 109 Å². The number of nitrogens with two attached hydrogens (primary N) is 1. The number of hydrogen-bond donors (Lipinski definition) is 2. The minimum absolute atomic E-state index is 0.115. The van der Waals surface area contributed by atoms with Gasteiger partial charge in [0.15, 0.2) is 0 Å². The van der Waals surface area contributed by atoms with Crippen LogP contribution in [0.2, 0.25) is 0 Å². The van der Waals surface area contributed by atoms with E-state index in [9.17, 15) is 8.42 Å². The molecule has 0 aliphatic carbocycles. The van der Waals surface area contributed by atoms with Gasteiger partial charge in [0.25, 0.3) is 10.2 Å². The van der Waals surface area contributed by atoms with Crippen molar-refractivity contribution in [3.8, 4) is 0 Å². The largest absolute Gasteiger partial charge is 0.399 e. The molecule has 0 atom stereocenters. The van der Waals surface area contributed by atoms with Gasteiger partial charge in [0.05, 0.1) is 0 Å². The average molecular weight is 271 g/mol. The van der Waals surface area contributed by atoms with Crippen molar-refractivity contribution >= 4 is 15.9 Å². The van der Waals surface area contributed by atoms with Crippen molar-refractivity contribution < 1.29 is 8.42 Å². The van der Waals surface area contributed by atoms with Gasteiger partial charge in [-0.2, -0.15) is 12.7 Å². The van der Waals surface area contributed by atoms with Crippen molar-refractivity contribution in [2.75, 3.05) is 12.3 Å². The molecule has 6 heteroatoms. The van der Waals surface area contributed by atoms with Crippen molar-refractivity contribution in [3.05, 3.63) is 29.8 Å². The van der Waals surface area contributed by atoms with Gasteiger partial charge in [-0.05, 0) is 31.5 Å². The highest BCUT2D eigenvalue weighted by Gasteiger charge is 2.23. The van der Waals surface area contributed by atoms with E-state index >= 15 is 0 Å². The Morgan fingerprint density at radius 3 is 2.56 bits per heavy atom. The quantitative estimate of drug-likeness (QED) is 0.767. The van der Waals surface area contributed by atoms with E-state index in [0.717, 1.165) is 5.56 Å². The fourth-order valence-electron chi connectivity index (χ4n) is 1.68. The third-order valence-electron chi connectivity index (χ3n) is 2.50. The van der Waals surface area contributed by atoms with Gasteiger partial charge in [0, 0.05) is 24.8 Å². The lowest BCUT2D eigenvalue weighted by molar-refractivity contribution is 0.343. The third-order valence-corrected chi connectivity index (χ3v) is 4.32. The standard InChI is InChI=1S/C12H21N3O2S/c1-4-14-18(16,17)15(10(2)3)9-11-6-5-7-12(13)8-11/h5-8,10,14H,4,9,13H2,1-3H3. The molecule has 0 bridgehead atoms. The predicted octanol–water partition coefficient (Wildman–Crippen LogP) is 1.33. The lowest BCUT2D eigenvalue weighted by Crippen LogP contribution is -2.43. The van der Waals surface area contributed by atoms with Crippen LogP contribution in [0.25, 0.3) is 0 Å². The first-order valence-electron chi connectivity index (χ1n) is 5.97. The summed E-state index contributed by atoms with van der Waals surface area (Å²) in [4.78, 5) is 0. The summed E-state index contributed by atoms with van der Waals surface area (Å²) in [5.74, 6) is 0. The van der Waals surface area contributed by atoms with Crippen LogP contribution in [0.15, 0.2) is 24.3 Å². The van der Waals surface area contributed by atoms with Crippen LogP contribution in [0.1, 0.15) is 26.3 Å². The van der Waals surface area contributed by atoms with Crippen LogP contribution in [0, 0.1) is 0 Å². The van der Waals surface area contributed by atoms with E-state index in [1.54, 1.807) is 19.1 Å². The molecule has 0 radical (unpaired) electrons. The van der Waals surface area contributed by atoms with Gasteiger partial charge in [-0.3, -0.25) is 0 Å². The average Bonchev–Trinajstić information content (AvgIpc) is 2.25. The Morgan fingerprint density at radius 2 is 2.06 bits per heavy atom. The van der Waals surface area contributed by atoms with Crippen LogP contribution < -0.4 is 10.5 Å². The highest BCUT2D eigenvalue weighted by Crippen LogP contribution is 2.14. The number of nitrogens with one attached hydrogen (secondary N) is 1. The maximum Gasteiger partial charge on any atom is 0.279 e. The van der Waals surface area contributed by atoms with Gasteiger partial charge >= 0.3 is 0 Å². The Hall–Kier alpha value is -1.11. The molecule has 0 heterocycles. The minimum atomic E-state index is -3.44. The van der Waals surface area contributed by atoms with Gasteiger partial charge in [0.1, 0.15) is 0 Å². The minimum Gasteiger partial charge on any atom is -0.399 e. The van der Waals surface area contributed by atoms with E-state index < -0.39 is 10.2 Å². The number of hydrogen-bond acceptors (Lipinski definition) is 3. The molecule has 0 spiro atoms. The monoisotopic (exact) mass is 271 g/mol. The Bertz CT molecular complexity index is 486. The molecular formula is C12H21N3O2S. The molecule has 5 nitrogen and oxygen atoms in total. The van der Waals surface area contributed by atoms with Crippen LogP contribution in [0.3, 0.4) is 0 Å². The molecule has 0 saturated carbocycles. The zero-order chi connectivity index (χ0) is 13.8. The van der Waals surface area contributed by atoms with E-state index in [2.05, 4.69) is 4.72 Å². The summed E-state index contributed by atoms with van der Waals surface area (Å²) in [6, 6.07) is 7.14. The first-order chi connectivity index (χ1) is 8.36. The van der Waals surface area contributed by atoms with Gasteiger partial charge in [-0.25, -0.2) is 4.72 Å². The fraction of sp³-hybridized carbons (Fsp3) is 0.500. The molecular weight excluding hydrogens is 250 g/mol. The van der Waals surface area contributed by atoms with E-state index in [1.807, 2.05) is 26.0 Å². The molecule has 0 fully saturated rings. The van der Waals surface area contributed by atoms with Crippen LogP contribution in [-0.2, 0) is 16.8 Å². The number of nitrogen functional groups attached to an aromatic ring is 1. The SMILES string of the molecule is CCNS(=O)(=O)N(Cc1cccc(N)c1)C(C)C. The maximum atomic E-state index is 12.0. The lowest BCUT2D eigenvalue weighted by Gasteiger charge is -2.25. The molecule has 3 N–H and O–H groups in total. The second-order valence-electron chi connectivity index (χ2n) is 4.39. The van der Waals surface area contributed by atoms with Crippen LogP contribution in [0.4, 0.5) is 5.69 Å². The van der Waals surface area contributed by atoms with Gasteiger partial charge in [0.2, 0.25) is 0 Å². The fourth-order valence-corrected chi connectivity index (χ4v) is 3.09. The second-order valence-corrected chi connectivity index (χ2v) is 6.09. The summed E-state index contributed by atoms with van der Waals surface area (Å²) in [6.07, 6.45) is 0. The van der Waals surface area contributed by atoms with Crippen molar-refractivity contribution in [2.24, 2.45) is 0 Å². The normalized spacial score (nSPS) is 12.3. The predicted molar refractivity (Wildman–Crippen MR) is 74.1 cm³/mol. The Kier molecular flexibility index (Phi) is 5.13. The number of benzene rings is 1. The van der Waals surface area contributed by atoms with E-state index in [-0.39, 0.29) is 6.04 Å². The highest BCUT2D eigenvalue weighted by molar-refractivity contribution is 7.87. The molecule has 0 unspecified atom stereocenters. The molecule has 1 aromatic carbocycles. The summed E-state index contributed by atoms with van der Waals surface area (Å²) in [7, 11) is -3.44. The summed E-state index contributed by atoms with van der Waals surface area (Å²) in [5, 5.41) is 0. The number of nitrogens with zero attached hydrogens (tertiary/aromatic N) is 1. The topological polar surface area (TPSA) is 75.4 Å². The Morgan fingerprint density at radius 1 is 1.39 bits per heavy atom. The van der Waals surface area contributed by atoms with Crippen LogP contribution >= 0.6 is 0 Å². The summed E-state index contributed by atoms with van der Waals surface area (Å²) in [5.41, 5.74) is 7.21.